The van der Waals surface area contributed by atoms with E-state index in [9.17, 15) is 13.2 Å². The van der Waals surface area contributed by atoms with Gasteiger partial charge in [0.25, 0.3) is 5.91 Å². The van der Waals surface area contributed by atoms with Gasteiger partial charge >= 0.3 is 0 Å². The SMILES string of the molecule is CSc1ccccc1NC(=O)c1ccc2c(c1)C[C@@H](C)N2S(C)(=O)=O. The molecule has 2 aromatic rings. The molecule has 1 atom stereocenters. The van der Waals surface area contributed by atoms with Crippen molar-refractivity contribution in [3.63, 3.8) is 0 Å². The van der Waals surface area contributed by atoms with E-state index in [1.165, 1.54) is 10.6 Å². The number of nitrogens with one attached hydrogen (secondary N) is 1. The molecule has 0 saturated carbocycles. The van der Waals surface area contributed by atoms with Gasteiger partial charge in [0.2, 0.25) is 10.0 Å². The van der Waals surface area contributed by atoms with Gasteiger partial charge in [0.05, 0.1) is 17.6 Å². The van der Waals surface area contributed by atoms with Crippen LogP contribution in [0, 0.1) is 0 Å². The lowest BCUT2D eigenvalue weighted by atomic mass is 10.1. The lowest BCUT2D eigenvalue weighted by molar-refractivity contribution is 0.102. The highest BCUT2D eigenvalue weighted by Crippen LogP contribution is 2.35. The molecular weight excluding hydrogens is 356 g/mol. The normalized spacial score (nSPS) is 16.6. The first kappa shape index (κ1) is 17.8. The van der Waals surface area contributed by atoms with Crippen LogP contribution in [0.2, 0.25) is 0 Å². The van der Waals surface area contributed by atoms with Crippen molar-refractivity contribution >= 4 is 39.1 Å². The summed E-state index contributed by atoms with van der Waals surface area (Å²) in [4.78, 5) is 13.6. The molecule has 0 bridgehead atoms. The molecule has 1 amide bonds. The van der Waals surface area contributed by atoms with Crippen molar-refractivity contribution in [2.45, 2.75) is 24.3 Å². The number of carbonyl (C=O) groups excluding carboxylic acids is 1. The Morgan fingerprint density at radius 2 is 1.96 bits per heavy atom. The van der Waals surface area contributed by atoms with Gasteiger partial charge in [-0.25, -0.2) is 8.42 Å². The van der Waals surface area contributed by atoms with Crippen LogP contribution in [0.4, 0.5) is 11.4 Å². The number of hydrogen-bond donors (Lipinski definition) is 1. The summed E-state index contributed by atoms with van der Waals surface area (Å²) in [6.45, 7) is 1.87. The predicted molar refractivity (Wildman–Crippen MR) is 103 cm³/mol. The highest BCUT2D eigenvalue weighted by molar-refractivity contribution is 7.98. The van der Waals surface area contributed by atoms with E-state index >= 15 is 0 Å². The lowest BCUT2D eigenvalue weighted by Crippen LogP contribution is -2.34. The number of benzene rings is 2. The molecule has 0 radical (unpaired) electrons. The number of sulfonamides is 1. The molecule has 0 saturated heterocycles. The van der Waals surface area contributed by atoms with E-state index in [-0.39, 0.29) is 11.9 Å². The zero-order valence-electron chi connectivity index (χ0n) is 14.3. The molecule has 5 nitrogen and oxygen atoms in total. The third-order valence-corrected chi connectivity index (χ3v) is 6.27. The molecule has 0 fully saturated rings. The van der Waals surface area contributed by atoms with Crippen LogP contribution in [0.5, 0.6) is 0 Å². The monoisotopic (exact) mass is 376 g/mol. The molecule has 2 aromatic carbocycles. The molecule has 1 aliphatic rings. The topological polar surface area (TPSA) is 66.5 Å². The number of para-hydroxylation sites is 1. The van der Waals surface area contributed by atoms with Crippen molar-refractivity contribution in [3.8, 4) is 0 Å². The molecule has 1 N–H and O–H groups in total. The quantitative estimate of drug-likeness (QED) is 0.831. The Labute approximate surface area is 152 Å². The van der Waals surface area contributed by atoms with Gasteiger partial charge in [0.1, 0.15) is 0 Å². The molecule has 0 aromatic heterocycles. The van der Waals surface area contributed by atoms with Gasteiger partial charge in [-0.3, -0.25) is 9.10 Å². The molecule has 7 heteroatoms. The summed E-state index contributed by atoms with van der Waals surface area (Å²) >= 11 is 1.57. The fraction of sp³-hybridized carbons (Fsp3) is 0.278. The van der Waals surface area contributed by atoms with Gasteiger partial charge in [0, 0.05) is 16.5 Å². The van der Waals surface area contributed by atoms with Gasteiger partial charge in [-0.05, 0) is 55.5 Å². The highest BCUT2D eigenvalue weighted by Gasteiger charge is 2.32. The van der Waals surface area contributed by atoms with Crippen molar-refractivity contribution in [1.29, 1.82) is 0 Å². The minimum atomic E-state index is -3.33. The average molecular weight is 377 g/mol. The number of rotatable bonds is 4. The van der Waals surface area contributed by atoms with Crippen LogP contribution in [-0.2, 0) is 16.4 Å². The number of hydrogen-bond acceptors (Lipinski definition) is 4. The second kappa shape index (κ2) is 6.72. The van der Waals surface area contributed by atoms with Crippen LogP contribution >= 0.6 is 11.8 Å². The minimum Gasteiger partial charge on any atom is -0.321 e. The third kappa shape index (κ3) is 3.52. The minimum absolute atomic E-state index is 0.138. The number of amides is 1. The maximum atomic E-state index is 12.6. The Kier molecular flexibility index (Phi) is 4.79. The first-order valence-corrected chi connectivity index (χ1v) is 11.0. The lowest BCUT2D eigenvalue weighted by Gasteiger charge is -2.21. The fourth-order valence-corrected chi connectivity index (χ4v) is 5.01. The smallest absolute Gasteiger partial charge is 0.255 e. The fourth-order valence-electron chi connectivity index (χ4n) is 3.19. The van der Waals surface area contributed by atoms with Crippen LogP contribution in [-0.4, -0.2) is 32.9 Å². The number of nitrogens with zero attached hydrogens (tertiary/aromatic N) is 1. The van der Waals surface area contributed by atoms with Crippen molar-refractivity contribution in [2.24, 2.45) is 0 Å². The maximum absolute atomic E-state index is 12.6. The van der Waals surface area contributed by atoms with E-state index in [1.54, 1.807) is 30.0 Å². The number of carbonyl (C=O) groups is 1. The molecule has 132 valence electrons. The summed E-state index contributed by atoms with van der Waals surface area (Å²) in [6.07, 6.45) is 3.77. The van der Waals surface area contributed by atoms with Crippen LogP contribution in [0.25, 0.3) is 0 Å². The molecule has 3 rings (SSSR count). The largest absolute Gasteiger partial charge is 0.321 e. The maximum Gasteiger partial charge on any atom is 0.255 e. The molecule has 1 heterocycles. The van der Waals surface area contributed by atoms with E-state index < -0.39 is 10.0 Å². The van der Waals surface area contributed by atoms with Gasteiger partial charge < -0.3 is 5.32 Å². The van der Waals surface area contributed by atoms with Gasteiger partial charge in [-0.1, -0.05) is 12.1 Å². The number of anilines is 2. The number of thioether (sulfide) groups is 1. The first-order chi connectivity index (χ1) is 11.8. The second-order valence-corrected chi connectivity index (χ2v) is 8.82. The van der Waals surface area contributed by atoms with Crippen molar-refractivity contribution in [1.82, 2.24) is 0 Å². The Balaban J connectivity index is 1.88. The Bertz CT molecular complexity index is 926. The van der Waals surface area contributed by atoms with Crippen LogP contribution in [0.1, 0.15) is 22.8 Å². The number of fused-ring (bicyclic) bond motifs is 1. The zero-order chi connectivity index (χ0) is 18.2. The molecule has 1 aliphatic heterocycles. The summed E-state index contributed by atoms with van der Waals surface area (Å²) in [6, 6.07) is 12.7. The Morgan fingerprint density at radius 3 is 2.64 bits per heavy atom. The van der Waals surface area contributed by atoms with Crippen LogP contribution in [0.3, 0.4) is 0 Å². The van der Waals surface area contributed by atoms with E-state index in [0.717, 1.165) is 16.1 Å². The highest BCUT2D eigenvalue weighted by atomic mass is 32.2. The van der Waals surface area contributed by atoms with Gasteiger partial charge in [0.15, 0.2) is 0 Å². The van der Waals surface area contributed by atoms with Crippen molar-refractivity contribution < 1.29 is 13.2 Å². The predicted octanol–water partition coefficient (Wildman–Crippen LogP) is 3.37. The Morgan fingerprint density at radius 1 is 1.24 bits per heavy atom. The molecule has 0 spiro atoms. The molecule has 0 unspecified atom stereocenters. The molecule has 25 heavy (non-hydrogen) atoms. The van der Waals surface area contributed by atoms with Gasteiger partial charge in [-0.15, -0.1) is 11.8 Å². The average Bonchev–Trinajstić information content (AvgIpc) is 2.90. The summed E-state index contributed by atoms with van der Waals surface area (Å²) in [5, 5.41) is 2.93. The van der Waals surface area contributed by atoms with Crippen molar-refractivity contribution in [3.05, 3.63) is 53.6 Å². The van der Waals surface area contributed by atoms with E-state index in [1.807, 2.05) is 37.4 Å². The van der Waals surface area contributed by atoms with Crippen LogP contribution < -0.4 is 9.62 Å². The summed E-state index contributed by atoms with van der Waals surface area (Å²) in [7, 11) is -3.33. The Hall–Kier alpha value is -1.99. The first-order valence-electron chi connectivity index (χ1n) is 7.88. The molecule has 0 aliphatic carbocycles. The summed E-state index contributed by atoms with van der Waals surface area (Å²) in [5.74, 6) is -0.199. The summed E-state index contributed by atoms with van der Waals surface area (Å²) in [5.41, 5.74) is 2.84. The summed E-state index contributed by atoms with van der Waals surface area (Å²) < 4.78 is 25.4. The zero-order valence-corrected chi connectivity index (χ0v) is 15.9. The molecular formula is C18H20N2O3S2. The van der Waals surface area contributed by atoms with Gasteiger partial charge in [-0.2, -0.15) is 0 Å². The van der Waals surface area contributed by atoms with Crippen molar-refractivity contribution in [2.75, 3.05) is 22.1 Å². The second-order valence-electron chi connectivity index (χ2n) is 6.11. The van der Waals surface area contributed by atoms with E-state index in [4.69, 9.17) is 0 Å². The van der Waals surface area contributed by atoms with E-state index in [2.05, 4.69) is 5.32 Å². The standard InChI is InChI=1S/C18H20N2O3S2/c1-12-10-14-11-13(8-9-16(14)20(12)25(3,22)23)18(21)19-15-6-4-5-7-17(15)24-2/h4-9,11-12H,10H2,1-3H3,(H,19,21)/t12-/m1/s1. The van der Waals surface area contributed by atoms with Crippen LogP contribution in [0.15, 0.2) is 47.4 Å². The van der Waals surface area contributed by atoms with E-state index in [0.29, 0.717) is 17.7 Å². The third-order valence-electron chi connectivity index (χ3n) is 4.21.